The number of amides is 1. The summed E-state index contributed by atoms with van der Waals surface area (Å²) >= 11 is 3.14. The van der Waals surface area contributed by atoms with Crippen LogP contribution in [0.3, 0.4) is 0 Å². The summed E-state index contributed by atoms with van der Waals surface area (Å²) in [6, 6.07) is 4.34. The van der Waals surface area contributed by atoms with E-state index in [0.717, 1.165) is 0 Å². The molecule has 0 unspecified atom stereocenters. The number of carbonyl (C=O) groups excluding carboxylic acids is 1. The molecule has 5 nitrogen and oxygen atoms in total. The number of hydrogen-bond acceptors (Lipinski definition) is 4. The molecule has 8 heteroatoms. The van der Waals surface area contributed by atoms with Gasteiger partial charge in [0.2, 0.25) is 0 Å². The second kappa shape index (κ2) is 6.40. The number of nitrogens with one attached hydrogen (secondary N) is 1. The Hall–Kier alpha value is -0.790. The first-order chi connectivity index (χ1) is 8.34. The van der Waals surface area contributed by atoms with Crippen molar-refractivity contribution in [3.8, 4) is 5.75 Å². The van der Waals surface area contributed by atoms with E-state index in [1.165, 1.54) is 12.1 Å². The molecule has 0 saturated heterocycles. The van der Waals surface area contributed by atoms with E-state index in [1.54, 1.807) is 13.0 Å². The fourth-order valence-electron chi connectivity index (χ4n) is 1.18. The average Bonchev–Trinajstić information content (AvgIpc) is 2.26. The molecule has 0 aliphatic heterocycles. The minimum atomic E-state index is -3.93. The summed E-state index contributed by atoms with van der Waals surface area (Å²) in [5.74, 6) is -0.294. The van der Waals surface area contributed by atoms with Gasteiger partial charge in [0.25, 0.3) is 15.0 Å². The maximum Gasteiger partial charge on any atom is 0.265 e. The van der Waals surface area contributed by atoms with Crippen molar-refractivity contribution in [3.63, 3.8) is 0 Å². The molecule has 0 saturated carbocycles. The Labute approximate surface area is 118 Å². The molecule has 0 aliphatic rings. The highest BCUT2D eigenvalue weighted by atomic mass is 79.9. The van der Waals surface area contributed by atoms with E-state index < -0.39 is 9.05 Å². The van der Waals surface area contributed by atoms with Crippen molar-refractivity contribution in [2.45, 2.75) is 11.8 Å². The quantitative estimate of drug-likeness (QED) is 0.818. The van der Waals surface area contributed by atoms with Gasteiger partial charge in [-0.25, -0.2) is 8.42 Å². The number of ether oxygens (including phenoxy) is 1. The summed E-state index contributed by atoms with van der Waals surface area (Å²) in [6.45, 7) is 1.98. The molecule has 1 N–H and O–H groups in total. The fraction of sp³-hybridized carbons (Fsp3) is 0.300. The SMILES string of the molecule is CCNC(=O)COc1ccc(Br)cc1S(=O)(=O)Cl. The van der Waals surface area contributed by atoms with Crippen molar-refractivity contribution in [1.29, 1.82) is 0 Å². The normalized spacial score (nSPS) is 11.1. The van der Waals surface area contributed by atoms with Crippen LogP contribution in [0.25, 0.3) is 0 Å². The monoisotopic (exact) mass is 355 g/mol. The Morgan fingerprint density at radius 3 is 2.72 bits per heavy atom. The zero-order chi connectivity index (χ0) is 13.8. The molecule has 100 valence electrons. The first-order valence-corrected chi connectivity index (χ1v) is 8.08. The molecule has 0 aliphatic carbocycles. The first kappa shape index (κ1) is 15.3. The zero-order valence-corrected chi connectivity index (χ0v) is 12.6. The fourth-order valence-corrected chi connectivity index (χ4v) is 2.69. The minimum Gasteiger partial charge on any atom is -0.482 e. The lowest BCUT2D eigenvalue weighted by Crippen LogP contribution is -2.28. The van der Waals surface area contributed by atoms with E-state index in [2.05, 4.69) is 21.2 Å². The highest BCUT2D eigenvalue weighted by molar-refractivity contribution is 9.10. The highest BCUT2D eigenvalue weighted by Gasteiger charge is 2.18. The molecule has 0 aromatic heterocycles. The van der Waals surface area contributed by atoms with Crippen molar-refractivity contribution in [2.24, 2.45) is 0 Å². The third-order valence-electron chi connectivity index (χ3n) is 1.90. The summed E-state index contributed by atoms with van der Waals surface area (Å²) < 4.78 is 28.4. The Balaban J connectivity index is 2.93. The molecular formula is C10H11BrClNO4S. The molecular weight excluding hydrogens is 346 g/mol. The summed E-state index contributed by atoms with van der Waals surface area (Å²) in [7, 11) is 1.35. The summed E-state index contributed by atoms with van der Waals surface area (Å²) in [5, 5.41) is 2.53. The van der Waals surface area contributed by atoms with Crippen molar-refractivity contribution in [3.05, 3.63) is 22.7 Å². The van der Waals surface area contributed by atoms with Crippen LogP contribution in [-0.4, -0.2) is 27.5 Å². The predicted octanol–water partition coefficient (Wildman–Crippen LogP) is 1.89. The van der Waals surface area contributed by atoms with E-state index in [0.29, 0.717) is 11.0 Å². The van der Waals surface area contributed by atoms with Gasteiger partial charge in [-0.3, -0.25) is 4.79 Å². The summed E-state index contributed by atoms with van der Waals surface area (Å²) in [4.78, 5) is 11.0. The number of rotatable bonds is 5. The maximum absolute atomic E-state index is 11.3. The zero-order valence-electron chi connectivity index (χ0n) is 9.44. The molecule has 1 aromatic rings. The summed E-state index contributed by atoms with van der Waals surface area (Å²) in [6.07, 6.45) is 0. The molecule has 0 spiro atoms. The van der Waals surface area contributed by atoms with Gasteiger partial charge >= 0.3 is 0 Å². The van der Waals surface area contributed by atoms with Gasteiger partial charge in [-0.15, -0.1) is 0 Å². The lowest BCUT2D eigenvalue weighted by molar-refractivity contribution is -0.123. The van der Waals surface area contributed by atoms with Gasteiger partial charge in [0, 0.05) is 21.7 Å². The topological polar surface area (TPSA) is 72.5 Å². The second-order valence-corrected chi connectivity index (χ2v) is 6.72. The molecule has 0 atom stereocenters. The molecule has 18 heavy (non-hydrogen) atoms. The van der Waals surface area contributed by atoms with E-state index >= 15 is 0 Å². The van der Waals surface area contributed by atoms with Gasteiger partial charge in [0.1, 0.15) is 10.6 Å². The number of benzene rings is 1. The standard InChI is InChI=1S/C10H11BrClNO4S/c1-2-13-10(14)6-17-8-4-3-7(11)5-9(8)18(12,15)16/h3-5H,2,6H2,1H3,(H,13,14). The van der Waals surface area contributed by atoms with Crippen LogP contribution in [0.2, 0.25) is 0 Å². The minimum absolute atomic E-state index is 0.0412. The van der Waals surface area contributed by atoms with E-state index in [9.17, 15) is 13.2 Å². The number of likely N-dealkylation sites (N-methyl/N-ethyl adjacent to an activating group) is 1. The van der Waals surface area contributed by atoms with Crippen LogP contribution >= 0.6 is 26.6 Å². The van der Waals surface area contributed by atoms with Crippen molar-refractivity contribution >= 4 is 41.6 Å². The molecule has 0 radical (unpaired) electrons. The van der Waals surface area contributed by atoms with Crippen LogP contribution < -0.4 is 10.1 Å². The van der Waals surface area contributed by atoms with E-state index in [4.69, 9.17) is 15.4 Å². The molecule has 1 aromatic carbocycles. The van der Waals surface area contributed by atoms with Gasteiger partial charge in [-0.2, -0.15) is 0 Å². The first-order valence-electron chi connectivity index (χ1n) is 4.98. The largest absolute Gasteiger partial charge is 0.482 e. The van der Waals surface area contributed by atoms with Crippen LogP contribution in [0.15, 0.2) is 27.6 Å². The molecule has 1 rings (SSSR count). The van der Waals surface area contributed by atoms with E-state index in [-0.39, 0.29) is 23.2 Å². The number of hydrogen-bond donors (Lipinski definition) is 1. The molecule has 0 fully saturated rings. The number of carbonyl (C=O) groups is 1. The van der Waals surface area contributed by atoms with E-state index in [1.807, 2.05) is 0 Å². The maximum atomic E-state index is 11.3. The van der Waals surface area contributed by atoms with Crippen LogP contribution in [-0.2, 0) is 13.8 Å². The van der Waals surface area contributed by atoms with Crippen LogP contribution in [0, 0.1) is 0 Å². The van der Waals surface area contributed by atoms with Crippen LogP contribution in [0.1, 0.15) is 6.92 Å². The van der Waals surface area contributed by atoms with Crippen molar-refractivity contribution in [2.75, 3.05) is 13.2 Å². The van der Waals surface area contributed by atoms with Gasteiger partial charge in [-0.05, 0) is 25.1 Å². The van der Waals surface area contributed by atoms with Gasteiger partial charge < -0.3 is 10.1 Å². The Morgan fingerprint density at radius 2 is 2.17 bits per heavy atom. The smallest absolute Gasteiger partial charge is 0.265 e. The molecule has 0 bridgehead atoms. The third-order valence-corrected chi connectivity index (χ3v) is 3.74. The second-order valence-electron chi connectivity index (χ2n) is 3.27. The van der Waals surface area contributed by atoms with Gasteiger partial charge in [0.15, 0.2) is 6.61 Å². The van der Waals surface area contributed by atoms with Crippen LogP contribution in [0.5, 0.6) is 5.75 Å². The van der Waals surface area contributed by atoms with Crippen LogP contribution in [0.4, 0.5) is 0 Å². The lowest BCUT2D eigenvalue weighted by Gasteiger charge is -2.09. The Kier molecular flexibility index (Phi) is 5.43. The Bertz CT molecular complexity index is 547. The predicted molar refractivity (Wildman–Crippen MR) is 71.4 cm³/mol. The Morgan fingerprint density at radius 1 is 1.50 bits per heavy atom. The lowest BCUT2D eigenvalue weighted by atomic mass is 10.3. The van der Waals surface area contributed by atoms with Gasteiger partial charge in [-0.1, -0.05) is 15.9 Å². The van der Waals surface area contributed by atoms with Crippen molar-refractivity contribution in [1.82, 2.24) is 5.32 Å². The number of halogens is 2. The third kappa shape index (κ3) is 4.47. The van der Waals surface area contributed by atoms with Crippen molar-refractivity contribution < 1.29 is 17.9 Å². The molecule has 1 amide bonds. The summed E-state index contributed by atoms with van der Waals surface area (Å²) in [5.41, 5.74) is 0. The average molecular weight is 357 g/mol. The molecule has 0 heterocycles. The van der Waals surface area contributed by atoms with Gasteiger partial charge in [0.05, 0.1) is 0 Å². The highest BCUT2D eigenvalue weighted by Crippen LogP contribution is 2.29.